The summed E-state index contributed by atoms with van der Waals surface area (Å²) in [5, 5.41) is 5.02. The highest BCUT2D eigenvalue weighted by Crippen LogP contribution is 2.32. The fourth-order valence-corrected chi connectivity index (χ4v) is 2.79. The maximum absolute atomic E-state index is 12.6. The van der Waals surface area contributed by atoms with Gasteiger partial charge in [-0.05, 0) is 42.2 Å². The summed E-state index contributed by atoms with van der Waals surface area (Å²) in [5.74, 6) is 0.175. The van der Waals surface area contributed by atoms with Crippen LogP contribution in [0.1, 0.15) is 29.6 Å². The minimum atomic E-state index is 0.0168. The Morgan fingerprint density at radius 2 is 1.73 bits per heavy atom. The van der Waals surface area contributed by atoms with Gasteiger partial charge in [-0.25, -0.2) is 0 Å². The highest BCUT2D eigenvalue weighted by molar-refractivity contribution is 6.08. The van der Waals surface area contributed by atoms with Crippen molar-refractivity contribution in [1.82, 2.24) is 4.90 Å². The van der Waals surface area contributed by atoms with Gasteiger partial charge in [0.1, 0.15) is 0 Å². The number of hydrogen-bond acceptors (Lipinski definition) is 2. The molecule has 1 saturated carbocycles. The molecule has 0 radical (unpaired) electrons. The summed E-state index contributed by atoms with van der Waals surface area (Å²) >= 11 is 0. The third kappa shape index (κ3) is 2.34. The van der Waals surface area contributed by atoms with Crippen molar-refractivity contribution in [3.05, 3.63) is 42.0 Å². The Kier molecular flexibility index (Phi) is 3.10. The zero-order chi connectivity index (χ0) is 15.1. The molecule has 0 spiro atoms. The highest BCUT2D eigenvalue weighted by atomic mass is 16.2. The molecule has 1 N–H and O–H groups in total. The summed E-state index contributed by atoms with van der Waals surface area (Å²) in [6, 6.07) is 11.7. The second kappa shape index (κ2) is 5.13. The van der Waals surface area contributed by atoms with Crippen molar-refractivity contribution in [1.29, 1.82) is 0 Å². The molecule has 1 aliphatic heterocycles. The van der Waals surface area contributed by atoms with Crippen LogP contribution in [0.15, 0.2) is 36.4 Å². The number of amides is 2. The van der Waals surface area contributed by atoms with Crippen molar-refractivity contribution in [2.45, 2.75) is 19.3 Å². The van der Waals surface area contributed by atoms with E-state index in [2.05, 4.69) is 5.32 Å². The molecule has 4 nitrogen and oxygen atoms in total. The summed E-state index contributed by atoms with van der Waals surface area (Å²) in [7, 11) is 0. The number of rotatable bonds is 3. The first-order valence-corrected chi connectivity index (χ1v) is 7.85. The molecule has 0 unspecified atom stereocenters. The number of carbonyl (C=O) groups excluding carboxylic acids is 2. The number of fused-ring (bicyclic) bond motifs is 1. The van der Waals surface area contributed by atoms with E-state index < -0.39 is 0 Å². The molecule has 22 heavy (non-hydrogen) atoms. The predicted octanol–water partition coefficient (Wildman–Crippen LogP) is 3.03. The Morgan fingerprint density at radius 1 is 1.05 bits per heavy atom. The summed E-state index contributed by atoms with van der Waals surface area (Å²) in [4.78, 5) is 26.6. The van der Waals surface area contributed by atoms with Crippen LogP contribution in [0.3, 0.4) is 0 Å². The minimum absolute atomic E-state index is 0.0168. The number of nitrogens with one attached hydrogen (secondary N) is 1. The average Bonchev–Trinajstić information content (AvgIpc) is 3.29. The predicted molar refractivity (Wildman–Crippen MR) is 85.8 cm³/mol. The molecule has 1 heterocycles. The van der Waals surface area contributed by atoms with Crippen molar-refractivity contribution in [2.24, 2.45) is 5.92 Å². The minimum Gasteiger partial charge on any atom is -0.338 e. The quantitative estimate of drug-likeness (QED) is 0.946. The number of hydrogen-bond donors (Lipinski definition) is 1. The largest absolute Gasteiger partial charge is 0.338 e. The monoisotopic (exact) mass is 294 g/mol. The lowest BCUT2D eigenvalue weighted by Gasteiger charge is -2.31. The van der Waals surface area contributed by atoms with Crippen LogP contribution in [0.2, 0.25) is 0 Å². The second-order valence-corrected chi connectivity index (χ2v) is 6.15. The molecule has 0 atom stereocenters. The van der Waals surface area contributed by atoms with Gasteiger partial charge in [0.15, 0.2) is 0 Å². The van der Waals surface area contributed by atoms with Gasteiger partial charge in [-0.15, -0.1) is 0 Å². The standard InChI is InChI=1S/C18H18N2O2/c21-17(12-6-7-12)19-16-11-14-5-2-1-4-13(14)10-15(16)18(22)20-8-3-9-20/h1-2,4-5,10-12H,3,6-9H2,(H,19,21). The third-order valence-corrected chi connectivity index (χ3v) is 4.47. The van der Waals surface area contributed by atoms with Crippen LogP contribution < -0.4 is 5.32 Å². The summed E-state index contributed by atoms with van der Waals surface area (Å²) in [5.41, 5.74) is 1.25. The van der Waals surface area contributed by atoms with Gasteiger partial charge >= 0.3 is 0 Å². The van der Waals surface area contributed by atoms with E-state index in [-0.39, 0.29) is 17.7 Å². The molecule has 2 fully saturated rings. The van der Waals surface area contributed by atoms with Gasteiger partial charge < -0.3 is 10.2 Å². The Hall–Kier alpha value is -2.36. The molecule has 1 aliphatic carbocycles. The van der Waals surface area contributed by atoms with E-state index in [1.165, 1.54) is 0 Å². The van der Waals surface area contributed by atoms with Crippen LogP contribution in [0, 0.1) is 5.92 Å². The van der Waals surface area contributed by atoms with Gasteiger partial charge in [0.2, 0.25) is 5.91 Å². The van der Waals surface area contributed by atoms with E-state index in [0.717, 1.165) is 43.1 Å². The maximum Gasteiger partial charge on any atom is 0.255 e. The van der Waals surface area contributed by atoms with Crippen LogP contribution in [0.5, 0.6) is 0 Å². The van der Waals surface area contributed by atoms with Crippen molar-refractivity contribution >= 4 is 28.3 Å². The molecule has 4 rings (SSSR count). The van der Waals surface area contributed by atoms with Gasteiger partial charge in [-0.3, -0.25) is 9.59 Å². The lowest BCUT2D eigenvalue weighted by molar-refractivity contribution is -0.117. The van der Waals surface area contributed by atoms with E-state index >= 15 is 0 Å². The van der Waals surface area contributed by atoms with Gasteiger partial charge in [-0.2, -0.15) is 0 Å². The van der Waals surface area contributed by atoms with E-state index in [9.17, 15) is 9.59 Å². The number of nitrogens with zero attached hydrogens (tertiary/aromatic N) is 1. The van der Waals surface area contributed by atoms with E-state index in [1.807, 2.05) is 41.3 Å². The fraction of sp³-hybridized carbons (Fsp3) is 0.333. The van der Waals surface area contributed by atoms with Gasteiger partial charge in [-0.1, -0.05) is 24.3 Å². The molecule has 2 amide bonds. The maximum atomic E-state index is 12.6. The van der Waals surface area contributed by atoms with Crippen LogP contribution in [0.4, 0.5) is 5.69 Å². The van der Waals surface area contributed by atoms with Crippen molar-refractivity contribution in [3.63, 3.8) is 0 Å². The first kappa shape index (κ1) is 13.3. The van der Waals surface area contributed by atoms with Gasteiger partial charge in [0, 0.05) is 19.0 Å². The zero-order valence-electron chi connectivity index (χ0n) is 12.3. The number of carbonyl (C=O) groups is 2. The van der Waals surface area contributed by atoms with Gasteiger partial charge in [0.05, 0.1) is 11.3 Å². The number of anilines is 1. The van der Waals surface area contributed by atoms with Crippen LogP contribution >= 0.6 is 0 Å². The molecule has 2 aliphatic rings. The van der Waals surface area contributed by atoms with Crippen LogP contribution in [0.25, 0.3) is 10.8 Å². The Labute approximate surface area is 129 Å². The van der Waals surface area contributed by atoms with Crippen molar-refractivity contribution < 1.29 is 9.59 Å². The SMILES string of the molecule is O=C(Nc1cc2ccccc2cc1C(=O)N1CCC1)C1CC1. The normalized spacial score (nSPS) is 17.2. The molecule has 2 aromatic rings. The molecule has 1 saturated heterocycles. The lowest BCUT2D eigenvalue weighted by Crippen LogP contribution is -2.42. The molecule has 0 bridgehead atoms. The molecular formula is C18H18N2O2. The van der Waals surface area contributed by atoms with E-state index in [0.29, 0.717) is 11.3 Å². The molecule has 4 heteroatoms. The third-order valence-electron chi connectivity index (χ3n) is 4.47. The summed E-state index contributed by atoms with van der Waals surface area (Å²) in [6.07, 6.45) is 2.97. The van der Waals surface area contributed by atoms with Gasteiger partial charge in [0.25, 0.3) is 5.91 Å². The Bertz CT molecular complexity index is 761. The van der Waals surface area contributed by atoms with Crippen LogP contribution in [-0.4, -0.2) is 29.8 Å². The Balaban J connectivity index is 1.75. The zero-order valence-corrected chi connectivity index (χ0v) is 12.3. The molecule has 0 aromatic heterocycles. The molecular weight excluding hydrogens is 276 g/mol. The van der Waals surface area contributed by atoms with Crippen molar-refractivity contribution in [3.8, 4) is 0 Å². The van der Waals surface area contributed by atoms with E-state index in [4.69, 9.17) is 0 Å². The number of benzene rings is 2. The highest BCUT2D eigenvalue weighted by Gasteiger charge is 2.31. The number of likely N-dealkylation sites (tertiary alicyclic amines) is 1. The van der Waals surface area contributed by atoms with Crippen molar-refractivity contribution in [2.75, 3.05) is 18.4 Å². The topological polar surface area (TPSA) is 49.4 Å². The molecule has 2 aromatic carbocycles. The summed E-state index contributed by atoms with van der Waals surface area (Å²) < 4.78 is 0. The smallest absolute Gasteiger partial charge is 0.255 e. The first-order chi connectivity index (χ1) is 10.7. The van der Waals surface area contributed by atoms with E-state index in [1.54, 1.807) is 0 Å². The molecule has 112 valence electrons. The fourth-order valence-electron chi connectivity index (χ4n) is 2.79. The second-order valence-electron chi connectivity index (χ2n) is 6.15. The average molecular weight is 294 g/mol. The first-order valence-electron chi connectivity index (χ1n) is 7.85. The summed E-state index contributed by atoms with van der Waals surface area (Å²) in [6.45, 7) is 1.61. The Morgan fingerprint density at radius 3 is 2.32 bits per heavy atom. The van der Waals surface area contributed by atoms with Crippen LogP contribution in [-0.2, 0) is 4.79 Å². The lowest BCUT2D eigenvalue weighted by atomic mass is 10.0.